The van der Waals surface area contributed by atoms with Crippen LogP contribution in [0.2, 0.25) is 0 Å². The quantitative estimate of drug-likeness (QED) is 0.705. The Bertz CT molecular complexity index is 290. The van der Waals surface area contributed by atoms with Gasteiger partial charge in [0.1, 0.15) is 0 Å². The van der Waals surface area contributed by atoms with E-state index >= 15 is 0 Å². The fourth-order valence-corrected chi connectivity index (χ4v) is 0.856. The fraction of sp³-hybridized carbons (Fsp3) is 0.100. The molecule has 0 aliphatic rings. The first-order valence-corrected chi connectivity index (χ1v) is 3.72. The summed E-state index contributed by atoms with van der Waals surface area (Å²) in [6, 6.07) is 9.05. The number of amides is 1. The van der Waals surface area contributed by atoms with Crippen LogP contribution in [0.25, 0.3) is 0 Å². The highest BCUT2D eigenvalue weighted by molar-refractivity contribution is 5.95. The maximum atomic E-state index is 11.3. The van der Waals surface area contributed by atoms with Crippen molar-refractivity contribution in [1.29, 1.82) is 0 Å². The van der Waals surface area contributed by atoms with Crippen LogP contribution in [0, 0.1) is 0 Å². The summed E-state index contributed by atoms with van der Waals surface area (Å²) in [6.07, 6.45) is 0. The minimum atomic E-state index is -0.108. The SMILES string of the molecule is C=C(C)NC(=O)c1ccccc1. The van der Waals surface area contributed by atoms with E-state index in [-0.39, 0.29) is 5.91 Å². The summed E-state index contributed by atoms with van der Waals surface area (Å²) in [5, 5.41) is 2.63. The average molecular weight is 161 g/mol. The van der Waals surface area contributed by atoms with Crippen LogP contribution in [0.4, 0.5) is 0 Å². The second kappa shape index (κ2) is 3.72. The molecule has 0 unspecified atom stereocenters. The number of nitrogens with one attached hydrogen (secondary N) is 1. The molecule has 62 valence electrons. The first-order valence-electron chi connectivity index (χ1n) is 3.72. The van der Waals surface area contributed by atoms with E-state index < -0.39 is 0 Å². The van der Waals surface area contributed by atoms with E-state index in [0.717, 1.165) is 0 Å². The lowest BCUT2D eigenvalue weighted by Gasteiger charge is -2.02. The molecule has 1 rings (SSSR count). The molecule has 0 saturated heterocycles. The van der Waals surface area contributed by atoms with Gasteiger partial charge < -0.3 is 5.32 Å². The lowest BCUT2D eigenvalue weighted by atomic mass is 10.2. The molecule has 2 heteroatoms. The zero-order valence-electron chi connectivity index (χ0n) is 7.00. The van der Waals surface area contributed by atoms with Gasteiger partial charge in [0.25, 0.3) is 5.91 Å². The molecule has 0 radical (unpaired) electrons. The normalized spacial score (nSPS) is 9.08. The minimum Gasteiger partial charge on any atom is -0.327 e. The number of allylic oxidation sites excluding steroid dienone is 1. The van der Waals surface area contributed by atoms with Crippen molar-refractivity contribution >= 4 is 5.91 Å². The molecular weight excluding hydrogens is 150 g/mol. The van der Waals surface area contributed by atoms with Crippen molar-refractivity contribution in [1.82, 2.24) is 5.32 Å². The molecule has 1 aromatic carbocycles. The Balaban J connectivity index is 2.73. The molecule has 2 nitrogen and oxygen atoms in total. The van der Waals surface area contributed by atoms with Crippen LogP contribution in [0.5, 0.6) is 0 Å². The van der Waals surface area contributed by atoms with Gasteiger partial charge in [-0.3, -0.25) is 4.79 Å². The number of hydrogen-bond donors (Lipinski definition) is 1. The van der Waals surface area contributed by atoms with E-state index in [1.54, 1.807) is 19.1 Å². The Labute approximate surface area is 71.9 Å². The van der Waals surface area contributed by atoms with Gasteiger partial charge in [0.05, 0.1) is 0 Å². The van der Waals surface area contributed by atoms with E-state index in [9.17, 15) is 4.79 Å². The summed E-state index contributed by atoms with van der Waals surface area (Å²) >= 11 is 0. The Morgan fingerprint density at radius 2 is 1.92 bits per heavy atom. The van der Waals surface area contributed by atoms with Crippen molar-refractivity contribution in [2.75, 3.05) is 0 Å². The predicted octanol–water partition coefficient (Wildman–Crippen LogP) is 1.95. The first-order chi connectivity index (χ1) is 5.70. The molecule has 1 aromatic rings. The fourth-order valence-electron chi connectivity index (χ4n) is 0.856. The van der Waals surface area contributed by atoms with Crippen LogP contribution in [0.1, 0.15) is 17.3 Å². The standard InChI is InChI=1S/C10H11NO/c1-8(2)11-10(12)9-6-4-3-5-7-9/h3-7H,1H2,2H3,(H,11,12). The second-order valence-corrected chi connectivity index (χ2v) is 2.60. The second-order valence-electron chi connectivity index (χ2n) is 2.60. The number of benzene rings is 1. The predicted molar refractivity (Wildman–Crippen MR) is 48.7 cm³/mol. The molecular formula is C10H11NO. The van der Waals surface area contributed by atoms with E-state index in [4.69, 9.17) is 0 Å². The molecule has 0 aliphatic heterocycles. The average Bonchev–Trinajstić information content (AvgIpc) is 2.05. The van der Waals surface area contributed by atoms with E-state index in [2.05, 4.69) is 11.9 Å². The maximum absolute atomic E-state index is 11.3. The number of hydrogen-bond acceptors (Lipinski definition) is 1. The monoisotopic (exact) mass is 161 g/mol. The number of carbonyl (C=O) groups excluding carboxylic acids is 1. The van der Waals surface area contributed by atoms with Gasteiger partial charge in [0, 0.05) is 11.3 Å². The van der Waals surface area contributed by atoms with Crippen molar-refractivity contribution in [2.24, 2.45) is 0 Å². The summed E-state index contributed by atoms with van der Waals surface area (Å²) in [4.78, 5) is 11.3. The van der Waals surface area contributed by atoms with Gasteiger partial charge >= 0.3 is 0 Å². The molecule has 0 aliphatic carbocycles. The zero-order chi connectivity index (χ0) is 8.97. The molecule has 0 bridgehead atoms. The summed E-state index contributed by atoms with van der Waals surface area (Å²) in [5.74, 6) is -0.108. The third-order valence-electron chi connectivity index (χ3n) is 1.36. The molecule has 0 spiro atoms. The molecule has 0 saturated carbocycles. The van der Waals surface area contributed by atoms with Gasteiger partial charge in [0.2, 0.25) is 0 Å². The Kier molecular flexibility index (Phi) is 2.64. The van der Waals surface area contributed by atoms with E-state index in [1.165, 1.54) is 0 Å². The van der Waals surface area contributed by atoms with Crippen molar-refractivity contribution in [3.8, 4) is 0 Å². The van der Waals surface area contributed by atoms with Gasteiger partial charge in [-0.2, -0.15) is 0 Å². The van der Waals surface area contributed by atoms with Crippen LogP contribution in [-0.2, 0) is 0 Å². The van der Waals surface area contributed by atoms with Crippen molar-refractivity contribution in [2.45, 2.75) is 6.92 Å². The Morgan fingerprint density at radius 3 is 2.42 bits per heavy atom. The number of carbonyl (C=O) groups is 1. The van der Waals surface area contributed by atoms with Crippen LogP contribution in [0.15, 0.2) is 42.6 Å². The van der Waals surface area contributed by atoms with E-state index in [0.29, 0.717) is 11.3 Å². The largest absolute Gasteiger partial charge is 0.327 e. The van der Waals surface area contributed by atoms with Gasteiger partial charge in [-0.1, -0.05) is 24.8 Å². The third kappa shape index (κ3) is 2.23. The van der Waals surface area contributed by atoms with Crippen LogP contribution in [-0.4, -0.2) is 5.91 Å². The van der Waals surface area contributed by atoms with Crippen LogP contribution < -0.4 is 5.32 Å². The first kappa shape index (κ1) is 8.53. The zero-order valence-corrected chi connectivity index (χ0v) is 7.00. The van der Waals surface area contributed by atoms with Gasteiger partial charge in [-0.05, 0) is 19.1 Å². The van der Waals surface area contributed by atoms with E-state index in [1.807, 2.05) is 18.2 Å². The highest BCUT2D eigenvalue weighted by Crippen LogP contribution is 1.98. The molecule has 1 N–H and O–H groups in total. The van der Waals surface area contributed by atoms with Crippen molar-refractivity contribution < 1.29 is 4.79 Å². The molecule has 0 heterocycles. The third-order valence-corrected chi connectivity index (χ3v) is 1.36. The minimum absolute atomic E-state index is 0.108. The molecule has 12 heavy (non-hydrogen) atoms. The highest BCUT2D eigenvalue weighted by Gasteiger charge is 2.01. The summed E-state index contributed by atoms with van der Waals surface area (Å²) in [7, 11) is 0. The van der Waals surface area contributed by atoms with Crippen LogP contribution in [0.3, 0.4) is 0 Å². The van der Waals surface area contributed by atoms with Gasteiger partial charge in [-0.25, -0.2) is 0 Å². The molecule has 0 fully saturated rings. The van der Waals surface area contributed by atoms with Crippen molar-refractivity contribution in [3.63, 3.8) is 0 Å². The highest BCUT2D eigenvalue weighted by atomic mass is 16.1. The molecule has 0 atom stereocenters. The molecule has 1 amide bonds. The Morgan fingerprint density at radius 1 is 1.33 bits per heavy atom. The van der Waals surface area contributed by atoms with Crippen molar-refractivity contribution in [3.05, 3.63) is 48.2 Å². The van der Waals surface area contributed by atoms with Gasteiger partial charge in [0.15, 0.2) is 0 Å². The van der Waals surface area contributed by atoms with Crippen LogP contribution >= 0.6 is 0 Å². The lowest BCUT2D eigenvalue weighted by molar-refractivity contribution is 0.0966. The summed E-state index contributed by atoms with van der Waals surface area (Å²) in [6.45, 7) is 5.34. The Hall–Kier alpha value is -1.57. The smallest absolute Gasteiger partial charge is 0.255 e. The van der Waals surface area contributed by atoms with Gasteiger partial charge in [-0.15, -0.1) is 0 Å². The topological polar surface area (TPSA) is 29.1 Å². The summed E-state index contributed by atoms with van der Waals surface area (Å²) < 4.78 is 0. The summed E-state index contributed by atoms with van der Waals surface area (Å²) in [5.41, 5.74) is 1.31. The molecule has 0 aromatic heterocycles. The maximum Gasteiger partial charge on any atom is 0.255 e. The lowest BCUT2D eigenvalue weighted by Crippen LogP contribution is -2.20. The number of rotatable bonds is 2.